The highest BCUT2D eigenvalue weighted by Crippen LogP contribution is 2.24. The van der Waals surface area contributed by atoms with Gasteiger partial charge in [0.15, 0.2) is 0 Å². The van der Waals surface area contributed by atoms with Crippen molar-refractivity contribution >= 4 is 22.9 Å². The Morgan fingerprint density at radius 3 is 2.93 bits per heavy atom. The molecule has 2 aromatic heterocycles. The lowest BCUT2D eigenvalue weighted by atomic mass is 10.3. The van der Waals surface area contributed by atoms with Crippen molar-refractivity contribution in [1.82, 2.24) is 9.55 Å². The van der Waals surface area contributed by atoms with Gasteiger partial charge in [0.1, 0.15) is 11.3 Å². The molecule has 6 heteroatoms. The van der Waals surface area contributed by atoms with Gasteiger partial charge in [0.2, 0.25) is 0 Å². The molecule has 0 radical (unpaired) electrons. The van der Waals surface area contributed by atoms with Gasteiger partial charge in [-0.25, -0.2) is 0 Å². The van der Waals surface area contributed by atoms with Gasteiger partial charge in [-0.05, 0) is 12.1 Å². The average molecular weight is 242 g/mol. The van der Waals surface area contributed by atoms with Crippen LogP contribution in [0, 0.1) is 0 Å². The Labute approximate surface area is 94.9 Å². The van der Waals surface area contributed by atoms with Crippen molar-refractivity contribution in [2.24, 2.45) is 5.73 Å². The molecule has 0 unspecified atom stereocenters. The van der Waals surface area contributed by atoms with Crippen LogP contribution in [0.2, 0.25) is 4.34 Å². The lowest BCUT2D eigenvalue weighted by Gasteiger charge is -2.03. The van der Waals surface area contributed by atoms with Crippen molar-refractivity contribution in [3.05, 3.63) is 44.9 Å². The normalized spacial score (nSPS) is 10.5. The molecule has 0 saturated carbocycles. The van der Waals surface area contributed by atoms with Crippen LogP contribution in [-0.4, -0.2) is 9.55 Å². The molecule has 2 aromatic rings. The van der Waals surface area contributed by atoms with Crippen LogP contribution in [0.1, 0.15) is 5.56 Å². The van der Waals surface area contributed by atoms with Gasteiger partial charge < -0.3 is 5.73 Å². The highest BCUT2D eigenvalue weighted by molar-refractivity contribution is 7.18. The first-order valence-corrected chi connectivity index (χ1v) is 5.43. The minimum absolute atomic E-state index is 0.186. The van der Waals surface area contributed by atoms with Gasteiger partial charge >= 0.3 is 0 Å². The molecule has 78 valence electrons. The highest BCUT2D eigenvalue weighted by atomic mass is 35.5. The summed E-state index contributed by atoms with van der Waals surface area (Å²) in [5.41, 5.74) is 5.63. The molecule has 0 aliphatic carbocycles. The van der Waals surface area contributed by atoms with E-state index < -0.39 is 0 Å². The first kappa shape index (κ1) is 10.4. The van der Waals surface area contributed by atoms with E-state index in [0.717, 1.165) is 5.00 Å². The van der Waals surface area contributed by atoms with E-state index in [-0.39, 0.29) is 12.1 Å². The molecular formula is C9H8ClN3OS. The predicted octanol–water partition coefficient (Wildman–Crippen LogP) is 1.41. The number of hydrogen-bond acceptors (Lipinski definition) is 4. The molecule has 0 saturated heterocycles. The summed E-state index contributed by atoms with van der Waals surface area (Å²) in [5, 5.41) is 0.905. The second-order valence-corrected chi connectivity index (χ2v) is 4.59. The number of nitrogens with two attached hydrogens (primary N) is 1. The van der Waals surface area contributed by atoms with Gasteiger partial charge in [0.05, 0.1) is 4.34 Å². The van der Waals surface area contributed by atoms with Crippen molar-refractivity contribution in [2.45, 2.75) is 6.54 Å². The van der Waals surface area contributed by atoms with Crippen molar-refractivity contribution < 1.29 is 0 Å². The first-order valence-electron chi connectivity index (χ1n) is 4.23. The maximum atomic E-state index is 11.2. The topological polar surface area (TPSA) is 60.9 Å². The van der Waals surface area contributed by atoms with Crippen LogP contribution >= 0.6 is 22.9 Å². The second kappa shape index (κ2) is 4.14. The number of aromatic nitrogens is 2. The standard InChI is InChI=1S/C9H8ClN3OS/c10-7-1-2-8(15-7)13-4-6(3-11)9(14)12-5-13/h1-2,4-5H,3,11H2. The first-order chi connectivity index (χ1) is 7.20. The van der Waals surface area contributed by atoms with Crippen LogP contribution in [0.5, 0.6) is 0 Å². The van der Waals surface area contributed by atoms with Crippen LogP contribution in [0.3, 0.4) is 0 Å². The minimum Gasteiger partial charge on any atom is -0.326 e. The predicted molar refractivity (Wildman–Crippen MR) is 60.6 cm³/mol. The molecule has 0 spiro atoms. The van der Waals surface area contributed by atoms with E-state index in [1.165, 1.54) is 17.7 Å². The van der Waals surface area contributed by atoms with Crippen molar-refractivity contribution in [1.29, 1.82) is 0 Å². The molecule has 2 N–H and O–H groups in total. The quantitative estimate of drug-likeness (QED) is 0.865. The van der Waals surface area contributed by atoms with E-state index in [1.54, 1.807) is 16.8 Å². The molecule has 0 atom stereocenters. The molecule has 2 heterocycles. The van der Waals surface area contributed by atoms with E-state index >= 15 is 0 Å². The number of rotatable bonds is 2. The molecule has 4 nitrogen and oxygen atoms in total. The fourth-order valence-corrected chi connectivity index (χ4v) is 2.14. The van der Waals surface area contributed by atoms with Crippen molar-refractivity contribution in [3.8, 4) is 5.00 Å². The summed E-state index contributed by atoms with van der Waals surface area (Å²) >= 11 is 7.23. The Kier molecular flexibility index (Phi) is 2.86. The SMILES string of the molecule is NCc1cn(-c2ccc(Cl)s2)cnc1=O. The molecule has 15 heavy (non-hydrogen) atoms. The van der Waals surface area contributed by atoms with Gasteiger partial charge in [-0.2, -0.15) is 4.98 Å². The second-order valence-electron chi connectivity index (χ2n) is 2.89. The third-order valence-corrected chi connectivity index (χ3v) is 3.15. The summed E-state index contributed by atoms with van der Waals surface area (Å²) < 4.78 is 2.43. The van der Waals surface area contributed by atoms with Gasteiger partial charge in [0.25, 0.3) is 5.56 Å². The zero-order chi connectivity index (χ0) is 10.8. The fourth-order valence-electron chi connectivity index (χ4n) is 1.16. The minimum atomic E-state index is -0.281. The van der Waals surface area contributed by atoms with E-state index in [0.29, 0.717) is 9.90 Å². The molecular weight excluding hydrogens is 234 g/mol. The summed E-state index contributed by atoms with van der Waals surface area (Å²) in [5.74, 6) is 0. The van der Waals surface area contributed by atoms with Crippen molar-refractivity contribution in [3.63, 3.8) is 0 Å². The number of halogens is 1. The lowest BCUT2D eigenvalue weighted by molar-refractivity contribution is 0.908. The lowest BCUT2D eigenvalue weighted by Crippen LogP contribution is -2.18. The molecule has 2 rings (SSSR count). The Balaban J connectivity index is 2.50. The summed E-state index contributed by atoms with van der Waals surface area (Å²) in [6, 6.07) is 3.65. The molecule has 0 fully saturated rings. The summed E-state index contributed by atoms with van der Waals surface area (Å²) in [6.45, 7) is 0.186. The Morgan fingerprint density at radius 2 is 2.33 bits per heavy atom. The maximum absolute atomic E-state index is 11.2. The molecule has 0 aromatic carbocycles. The van der Waals surface area contributed by atoms with Crippen LogP contribution in [0.25, 0.3) is 5.00 Å². The maximum Gasteiger partial charge on any atom is 0.277 e. The smallest absolute Gasteiger partial charge is 0.277 e. The van der Waals surface area contributed by atoms with Gasteiger partial charge in [-0.3, -0.25) is 9.36 Å². The number of nitrogens with zero attached hydrogens (tertiary/aromatic N) is 2. The third-order valence-electron chi connectivity index (χ3n) is 1.90. The van der Waals surface area contributed by atoms with E-state index in [2.05, 4.69) is 4.98 Å². The van der Waals surface area contributed by atoms with Crippen LogP contribution in [-0.2, 0) is 6.54 Å². The Bertz CT molecular complexity index is 534. The average Bonchev–Trinajstić information content (AvgIpc) is 2.66. The number of hydrogen-bond donors (Lipinski definition) is 1. The van der Waals surface area contributed by atoms with Gasteiger partial charge in [-0.15, -0.1) is 11.3 Å². The molecule has 0 bridgehead atoms. The van der Waals surface area contributed by atoms with E-state index in [9.17, 15) is 4.79 Å². The highest BCUT2D eigenvalue weighted by Gasteiger charge is 2.03. The van der Waals surface area contributed by atoms with Gasteiger partial charge in [-0.1, -0.05) is 11.6 Å². The number of thiophene rings is 1. The molecule has 0 aliphatic rings. The molecule has 0 amide bonds. The Hall–Kier alpha value is -1.17. The van der Waals surface area contributed by atoms with Crippen LogP contribution in [0.15, 0.2) is 29.5 Å². The molecule has 0 aliphatic heterocycles. The third kappa shape index (κ3) is 2.09. The largest absolute Gasteiger partial charge is 0.326 e. The van der Waals surface area contributed by atoms with E-state index in [1.807, 2.05) is 6.07 Å². The monoisotopic (exact) mass is 241 g/mol. The summed E-state index contributed by atoms with van der Waals surface area (Å²) in [6.07, 6.45) is 3.14. The summed E-state index contributed by atoms with van der Waals surface area (Å²) in [4.78, 5) is 14.9. The fraction of sp³-hybridized carbons (Fsp3) is 0.111. The Morgan fingerprint density at radius 1 is 1.53 bits per heavy atom. The van der Waals surface area contributed by atoms with E-state index in [4.69, 9.17) is 17.3 Å². The van der Waals surface area contributed by atoms with Gasteiger partial charge in [0, 0.05) is 18.3 Å². The van der Waals surface area contributed by atoms with Crippen LogP contribution in [0.4, 0.5) is 0 Å². The van der Waals surface area contributed by atoms with Crippen LogP contribution < -0.4 is 11.3 Å². The zero-order valence-corrected chi connectivity index (χ0v) is 9.26. The summed E-state index contributed by atoms with van der Waals surface area (Å²) in [7, 11) is 0. The van der Waals surface area contributed by atoms with Crippen molar-refractivity contribution in [2.75, 3.05) is 0 Å². The zero-order valence-electron chi connectivity index (χ0n) is 7.68.